The quantitative estimate of drug-likeness (QED) is 0.748. The molecule has 1 amide bonds. The number of nitrogens with one attached hydrogen (secondary N) is 2. The maximum absolute atomic E-state index is 12.4. The third-order valence-electron chi connectivity index (χ3n) is 3.72. The molecule has 0 spiro atoms. The van der Waals surface area contributed by atoms with E-state index in [2.05, 4.69) is 10.3 Å². The Morgan fingerprint density at radius 1 is 1.26 bits per heavy atom. The first-order chi connectivity index (χ1) is 11.2. The minimum atomic E-state index is -0.105. The van der Waals surface area contributed by atoms with Crippen molar-refractivity contribution in [2.75, 3.05) is 13.7 Å². The van der Waals surface area contributed by atoms with Gasteiger partial charge in [0.25, 0.3) is 5.91 Å². The molecule has 0 aliphatic heterocycles. The minimum absolute atomic E-state index is 0.105. The molecule has 5 heteroatoms. The van der Waals surface area contributed by atoms with Gasteiger partial charge in [-0.15, -0.1) is 0 Å². The minimum Gasteiger partial charge on any atom is -0.497 e. The number of rotatable bonds is 5. The van der Waals surface area contributed by atoms with E-state index in [0.717, 1.165) is 28.6 Å². The number of halogens is 1. The Balaban J connectivity index is 1.68. The van der Waals surface area contributed by atoms with Gasteiger partial charge < -0.3 is 15.0 Å². The first-order valence-electron chi connectivity index (χ1n) is 7.35. The standard InChI is InChI=1S/C18H17ClN2O2/c1-23-14-5-6-17-15(10-14)16(11-21-17)18(22)20-8-7-12-3-2-4-13(19)9-12/h2-6,9-11,21H,7-8H2,1H3,(H,20,22). The van der Waals surface area contributed by atoms with Crippen molar-refractivity contribution in [1.82, 2.24) is 10.3 Å². The zero-order chi connectivity index (χ0) is 16.2. The number of fused-ring (bicyclic) bond motifs is 1. The Morgan fingerprint density at radius 3 is 2.91 bits per heavy atom. The van der Waals surface area contributed by atoms with Crippen LogP contribution in [-0.2, 0) is 6.42 Å². The summed E-state index contributed by atoms with van der Waals surface area (Å²) < 4.78 is 5.22. The van der Waals surface area contributed by atoms with Crippen molar-refractivity contribution in [3.8, 4) is 5.75 Å². The second-order valence-corrected chi connectivity index (χ2v) is 5.69. The summed E-state index contributed by atoms with van der Waals surface area (Å²) in [6.07, 6.45) is 2.46. The normalized spacial score (nSPS) is 10.7. The highest BCUT2D eigenvalue weighted by Gasteiger charge is 2.12. The summed E-state index contributed by atoms with van der Waals surface area (Å²) >= 11 is 5.96. The van der Waals surface area contributed by atoms with Crippen LogP contribution in [0.25, 0.3) is 10.9 Å². The lowest BCUT2D eigenvalue weighted by molar-refractivity contribution is 0.0956. The van der Waals surface area contributed by atoms with Crippen molar-refractivity contribution in [1.29, 1.82) is 0 Å². The highest BCUT2D eigenvalue weighted by Crippen LogP contribution is 2.23. The van der Waals surface area contributed by atoms with Crippen LogP contribution in [0.15, 0.2) is 48.7 Å². The molecule has 3 rings (SSSR count). The molecular weight excluding hydrogens is 312 g/mol. The first kappa shape index (κ1) is 15.4. The third-order valence-corrected chi connectivity index (χ3v) is 3.96. The second kappa shape index (κ2) is 6.75. The molecule has 1 aromatic heterocycles. The summed E-state index contributed by atoms with van der Waals surface area (Å²) in [5.41, 5.74) is 2.62. The average molecular weight is 329 g/mol. The molecular formula is C18H17ClN2O2. The predicted octanol–water partition coefficient (Wildman–Crippen LogP) is 3.80. The van der Waals surface area contributed by atoms with Gasteiger partial charge in [-0.05, 0) is 42.3 Å². The average Bonchev–Trinajstić information content (AvgIpc) is 2.97. The lowest BCUT2D eigenvalue weighted by atomic mass is 10.1. The van der Waals surface area contributed by atoms with Crippen LogP contribution in [-0.4, -0.2) is 24.5 Å². The molecule has 0 aliphatic carbocycles. The van der Waals surface area contributed by atoms with E-state index in [9.17, 15) is 4.79 Å². The summed E-state index contributed by atoms with van der Waals surface area (Å²) in [7, 11) is 1.61. The van der Waals surface area contributed by atoms with Crippen LogP contribution in [0.4, 0.5) is 0 Å². The number of H-pyrrole nitrogens is 1. The lowest BCUT2D eigenvalue weighted by Crippen LogP contribution is -2.25. The Morgan fingerprint density at radius 2 is 2.13 bits per heavy atom. The van der Waals surface area contributed by atoms with Gasteiger partial charge in [-0.1, -0.05) is 23.7 Å². The van der Waals surface area contributed by atoms with Gasteiger partial charge in [-0.25, -0.2) is 0 Å². The molecule has 4 nitrogen and oxygen atoms in total. The molecule has 0 bridgehead atoms. The second-order valence-electron chi connectivity index (χ2n) is 5.25. The van der Waals surface area contributed by atoms with Crippen molar-refractivity contribution in [3.05, 3.63) is 64.8 Å². The van der Waals surface area contributed by atoms with Crippen molar-refractivity contribution in [2.24, 2.45) is 0 Å². The molecule has 2 N–H and O–H groups in total. The van der Waals surface area contributed by atoms with Crippen LogP contribution >= 0.6 is 11.6 Å². The number of hydrogen-bond donors (Lipinski definition) is 2. The summed E-state index contributed by atoms with van der Waals surface area (Å²) in [6.45, 7) is 0.551. The number of ether oxygens (including phenoxy) is 1. The van der Waals surface area contributed by atoms with Gasteiger partial charge in [-0.3, -0.25) is 4.79 Å². The van der Waals surface area contributed by atoms with Crippen LogP contribution in [0.5, 0.6) is 5.75 Å². The lowest BCUT2D eigenvalue weighted by Gasteiger charge is -2.06. The number of hydrogen-bond acceptors (Lipinski definition) is 2. The summed E-state index contributed by atoms with van der Waals surface area (Å²) in [6, 6.07) is 13.3. The van der Waals surface area contributed by atoms with E-state index >= 15 is 0 Å². The smallest absolute Gasteiger partial charge is 0.253 e. The number of carbonyl (C=O) groups excluding carboxylic acids is 1. The molecule has 0 fully saturated rings. The van der Waals surface area contributed by atoms with Gasteiger partial charge in [0.15, 0.2) is 0 Å². The molecule has 0 aliphatic rings. The van der Waals surface area contributed by atoms with E-state index in [4.69, 9.17) is 16.3 Å². The molecule has 0 saturated heterocycles. The number of carbonyl (C=O) groups is 1. The van der Waals surface area contributed by atoms with Crippen LogP contribution < -0.4 is 10.1 Å². The van der Waals surface area contributed by atoms with Gasteiger partial charge in [0.1, 0.15) is 5.75 Å². The maximum Gasteiger partial charge on any atom is 0.253 e. The van der Waals surface area contributed by atoms with Crippen LogP contribution in [0.3, 0.4) is 0 Å². The molecule has 0 atom stereocenters. The van der Waals surface area contributed by atoms with Crippen molar-refractivity contribution in [3.63, 3.8) is 0 Å². The van der Waals surface area contributed by atoms with E-state index < -0.39 is 0 Å². The van der Waals surface area contributed by atoms with Crippen LogP contribution in [0.2, 0.25) is 5.02 Å². The van der Waals surface area contributed by atoms with E-state index in [1.165, 1.54) is 0 Å². The predicted molar refractivity (Wildman–Crippen MR) is 92.3 cm³/mol. The summed E-state index contributed by atoms with van der Waals surface area (Å²) in [5.74, 6) is 0.622. The molecule has 118 valence electrons. The van der Waals surface area contributed by atoms with Crippen LogP contribution in [0, 0.1) is 0 Å². The summed E-state index contributed by atoms with van der Waals surface area (Å²) in [5, 5.41) is 4.50. The number of methoxy groups -OCH3 is 1. The molecule has 0 radical (unpaired) electrons. The van der Waals surface area contributed by atoms with Gasteiger partial charge in [0.05, 0.1) is 12.7 Å². The summed E-state index contributed by atoms with van der Waals surface area (Å²) in [4.78, 5) is 15.5. The molecule has 0 saturated carbocycles. The molecule has 2 aromatic carbocycles. The zero-order valence-corrected chi connectivity index (χ0v) is 13.5. The van der Waals surface area contributed by atoms with Crippen molar-refractivity contribution >= 4 is 28.4 Å². The number of aromatic amines is 1. The van der Waals surface area contributed by atoms with Gasteiger partial charge >= 0.3 is 0 Å². The third kappa shape index (κ3) is 3.48. The number of aromatic nitrogens is 1. The molecule has 23 heavy (non-hydrogen) atoms. The number of benzene rings is 2. The Bertz CT molecular complexity index is 842. The van der Waals surface area contributed by atoms with Gasteiger partial charge in [-0.2, -0.15) is 0 Å². The topological polar surface area (TPSA) is 54.1 Å². The first-order valence-corrected chi connectivity index (χ1v) is 7.73. The highest BCUT2D eigenvalue weighted by atomic mass is 35.5. The van der Waals surface area contributed by atoms with E-state index in [-0.39, 0.29) is 5.91 Å². The fourth-order valence-electron chi connectivity index (χ4n) is 2.52. The maximum atomic E-state index is 12.4. The van der Waals surface area contributed by atoms with Gasteiger partial charge in [0.2, 0.25) is 0 Å². The van der Waals surface area contributed by atoms with Crippen LogP contribution in [0.1, 0.15) is 15.9 Å². The molecule has 0 unspecified atom stereocenters. The SMILES string of the molecule is COc1ccc2[nH]cc(C(=O)NCCc3cccc(Cl)c3)c2c1. The molecule has 1 heterocycles. The zero-order valence-electron chi connectivity index (χ0n) is 12.7. The van der Waals surface area contributed by atoms with E-state index in [1.54, 1.807) is 13.3 Å². The van der Waals surface area contributed by atoms with Crippen molar-refractivity contribution in [2.45, 2.75) is 6.42 Å². The van der Waals surface area contributed by atoms with Crippen molar-refractivity contribution < 1.29 is 9.53 Å². The number of amides is 1. The Hall–Kier alpha value is -2.46. The van der Waals surface area contributed by atoms with E-state index in [1.807, 2.05) is 42.5 Å². The Kier molecular flexibility index (Phi) is 4.53. The monoisotopic (exact) mass is 328 g/mol. The molecule has 3 aromatic rings. The van der Waals surface area contributed by atoms with Gasteiger partial charge in [0, 0.05) is 28.7 Å². The largest absolute Gasteiger partial charge is 0.497 e. The highest BCUT2D eigenvalue weighted by molar-refractivity contribution is 6.30. The van der Waals surface area contributed by atoms with E-state index in [0.29, 0.717) is 17.1 Å². The fraction of sp³-hybridized carbons (Fsp3) is 0.167. The Labute approximate surface area is 139 Å². The fourth-order valence-corrected chi connectivity index (χ4v) is 2.74.